The molecular weight excluding hydrogens is 532 g/mol. The van der Waals surface area contributed by atoms with E-state index in [1.54, 1.807) is 0 Å². The summed E-state index contributed by atoms with van der Waals surface area (Å²) in [6, 6.07) is 35.3. The molecule has 0 saturated heterocycles. The van der Waals surface area contributed by atoms with Crippen molar-refractivity contribution >= 4 is 10.8 Å². The van der Waals surface area contributed by atoms with Crippen LogP contribution >= 0.6 is 0 Å². The Balaban J connectivity index is 0. The van der Waals surface area contributed by atoms with Gasteiger partial charge in [0.2, 0.25) is 0 Å². The Kier molecular flexibility index (Phi) is 27.8. The Labute approximate surface area is 271 Å². The standard InChI is InChI=1S/C15H11N.C15H13N.6C2H6/c1-2-7-13(8-3-1)15-14-9-5-4-6-12(14)10-11-16-15;1-2-6-12(7-3-1)15-11-10-13-8-4-5-9-14(13)16-15;6*1-2/h1-11H;1-7,10-11H,8-9H2;6*1-2H3. The lowest BCUT2D eigenvalue weighted by molar-refractivity contribution is 1.01. The molecule has 0 N–H and O–H groups in total. The van der Waals surface area contributed by atoms with Crippen LogP contribution in [0.3, 0.4) is 0 Å². The Morgan fingerprint density at radius 1 is 0.455 bits per heavy atom. The fraction of sp³-hybridized carbons (Fsp3) is 0.333. The Bertz CT molecular complexity index is 1350. The predicted octanol–water partition coefficient (Wildman–Crippen LogP) is 13.5. The molecule has 3 aromatic carbocycles. The van der Waals surface area contributed by atoms with E-state index in [9.17, 15) is 0 Å². The summed E-state index contributed by atoms with van der Waals surface area (Å²) in [6.07, 6.45) is 8.27. The van der Waals surface area contributed by atoms with Crippen molar-refractivity contribution in [1.82, 2.24) is 9.97 Å². The highest BCUT2D eigenvalue weighted by Gasteiger charge is 2.08. The van der Waals surface area contributed by atoms with Gasteiger partial charge in [0.1, 0.15) is 0 Å². The molecule has 0 aliphatic heterocycles. The van der Waals surface area contributed by atoms with Gasteiger partial charge in [-0.3, -0.25) is 9.97 Å². The highest BCUT2D eigenvalue weighted by molar-refractivity contribution is 5.94. The Morgan fingerprint density at radius 2 is 0.955 bits per heavy atom. The van der Waals surface area contributed by atoms with Crippen molar-refractivity contribution in [2.24, 2.45) is 0 Å². The molecule has 238 valence electrons. The zero-order valence-electron chi connectivity index (χ0n) is 29.9. The molecule has 2 heterocycles. The number of rotatable bonds is 2. The van der Waals surface area contributed by atoms with Crippen LogP contribution in [-0.4, -0.2) is 9.97 Å². The van der Waals surface area contributed by atoms with Gasteiger partial charge in [0.05, 0.1) is 11.4 Å². The summed E-state index contributed by atoms with van der Waals surface area (Å²) in [5.41, 5.74) is 7.08. The fourth-order valence-corrected chi connectivity index (χ4v) is 4.01. The molecule has 0 atom stereocenters. The van der Waals surface area contributed by atoms with E-state index in [0.717, 1.165) is 24.2 Å². The minimum Gasteiger partial charge on any atom is -0.256 e. The molecule has 5 aromatic rings. The smallest absolute Gasteiger partial charge is 0.0780 e. The third-order valence-corrected chi connectivity index (χ3v) is 5.67. The van der Waals surface area contributed by atoms with E-state index in [4.69, 9.17) is 4.98 Å². The van der Waals surface area contributed by atoms with Crippen LogP contribution in [-0.2, 0) is 12.8 Å². The highest BCUT2D eigenvalue weighted by Crippen LogP contribution is 2.25. The van der Waals surface area contributed by atoms with Gasteiger partial charge in [-0.15, -0.1) is 0 Å². The van der Waals surface area contributed by atoms with Crippen molar-refractivity contribution in [3.63, 3.8) is 0 Å². The first-order valence-electron chi connectivity index (χ1n) is 17.0. The van der Waals surface area contributed by atoms with E-state index in [1.165, 1.54) is 33.2 Å². The van der Waals surface area contributed by atoms with Gasteiger partial charge in [-0.05, 0) is 29.5 Å². The summed E-state index contributed by atoms with van der Waals surface area (Å²) in [7, 11) is 0. The first-order valence-corrected chi connectivity index (χ1v) is 17.0. The molecule has 2 aromatic heterocycles. The molecule has 0 unspecified atom stereocenters. The SMILES string of the molecule is C1=CCc2nc(-c3ccccc3)ccc2C1.CC.CC.CC.CC.CC.CC.c1ccc(-c2nccc3ccccc23)cc1. The number of nitrogens with zero attached hydrogens (tertiary/aromatic N) is 2. The van der Waals surface area contributed by atoms with Gasteiger partial charge in [0.25, 0.3) is 0 Å². The molecule has 0 radical (unpaired) electrons. The lowest BCUT2D eigenvalue weighted by Crippen LogP contribution is -2.01. The molecule has 0 saturated carbocycles. The lowest BCUT2D eigenvalue weighted by atomic mass is 10.0. The van der Waals surface area contributed by atoms with Crippen molar-refractivity contribution in [1.29, 1.82) is 0 Å². The van der Waals surface area contributed by atoms with Gasteiger partial charge in [0, 0.05) is 34.8 Å². The van der Waals surface area contributed by atoms with Crippen molar-refractivity contribution in [2.45, 2.75) is 95.9 Å². The number of hydrogen-bond donors (Lipinski definition) is 0. The number of benzene rings is 3. The van der Waals surface area contributed by atoms with Gasteiger partial charge in [-0.25, -0.2) is 0 Å². The fourth-order valence-electron chi connectivity index (χ4n) is 4.01. The van der Waals surface area contributed by atoms with Crippen LogP contribution in [0.15, 0.2) is 121 Å². The molecule has 0 bridgehead atoms. The number of fused-ring (bicyclic) bond motifs is 2. The molecule has 0 amide bonds. The normalized spacial score (nSPS) is 9.55. The number of aromatic nitrogens is 2. The van der Waals surface area contributed by atoms with Crippen LogP contribution in [0.2, 0.25) is 0 Å². The van der Waals surface area contributed by atoms with Crippen LogP contribution in [0.25, 0.3) is 33.3 Å². The van der Waals surface area contributed by atoms with Crippen LogP contribution in [0.5, 0.6) is 0 Å². The summed E-state index contributed by atoms with van der Waals surface area (Å²) in [6.45, 7) is 24.0. The van der Waals surface area contributed by atoms with E-state index in [-0.39, 0.29) is 0 Å². The minimum atomic E-state index is 0.968. The first kappa shape index (κ1) is 42.1. The molecule has 2 heteroatoms. The van der Waals surface area contributed by atoms with Gasteiger partial charge in [0.15, 0.2) is 0 Å². The summed E-state index contributed by atoms with van der Waals surface area (Å²) < 4.78 is 0. The van der Waals surface area contributed by atoms with Gasteiger partial charge in [-0.1, -0.05) is 186 Å². The van der Waals surface area contributed by atoms with Gasteiger partial charge in [-0.2, -0.15) is 0 Å². The van der Waals surface area contributed by atoms with E-state index in [2.05, 4.69) is 89.9 Å². The zero-order valence-corrected chi connectivity index (χ0v) is 29.9. The third-order valence-electron chi connectivity index (χ3n) is 5.67. The lowest BCUT2D eigenvalue weighted by Gasteiger charge is -2.11. The van der Waals surface area contributed by atoms with Crippen LogP contribution < -0.4 is 0 Å². The zero-order chi connectivity index (χ0) is 33.6. The maximum absolute atomic E-state index is 4.73. The van der Waals surface area contributed by atoms with E-state index in [1.807, 2.05) is 120 Å². The average molecular weight is 593 g/mol. The minimum absolute atomic E-state index is 0.968. The van der Waals surface area contributed by atoms with Crippen molar-refractivity contribution < 1.29 is 0 Å². The molecule has 6 rings (SSSR count). The molecule has 0 spiro atoms. The predicted molar refractivity (Wildman–Crippen MR) is 201 cm³/mol. The van der Waals surface area contributed by atoms with E-state index in [0.29, 0.717) is 0 Å². The summed E-state index contributed by atoms with van der Waals surface area (Å²) >= 11 is 0. The summed E-state index contributed by atoms with van der Waals surface area (Å²) in [5, 5.41) is 2.44. The van der Waals surface area contributed by atoms with E-state index < -0.39 is 0 Å². The van der Waals surface area contributed by atoms with Crippen LogP contribution in [0.1, 0.15) is 94.3 Å². The first-order chi connectivity index (χ1) is 21.9. The van der Waals surface area contributed by atoms with Crippen molar-refractivity contribution in [3.8, 4) is 22.5 Å². The quantitative estimate of drug-likeness (QED) is 0.191. The third kappa shape index (κ3) is 14.0. The Morgan fingerprint density at radius 3 is 1.55 bits per heavy atom. The maximum atomic E-state index is 4.73. The largest absolute Gasteiger partial charge is 0.256 e. The molecule has 0 fully saturated rings. The number of pyridine rings is 2. The Hall–Kier alpha value is -4.04. The molecular formula is C42H60N2. The molecule has 1 aliphatic rings. The van der Waals surface area contributed by atoms with E-state index >= 15 is 0 Å². The topological polar surface area (TPSA) is 25.8 Å². The van der Waals surface area contributed by atoms with Gasteiger partial charge < -0.3 is 0 Å². The molecule has 1 aliphatic carbocycles. The maximum Gasteiger partial charge on any atom is 0.0780 e. The van der Waals surface area contributed by atoms with Crippen LogP contribution in [0, 0.1) is 0 Å². The average Bonchev–Trinajstić information content (AvgIpc) is 3.17. The second kappa shape index (κ2) is 29.1. The van der Waals surface area contributed by atoms with Crippen molar-refractivity contribution in [3.05, 3.63) is 133 Å². The molecule has 2 nitrogen and oxygen atoms in total. The highest BCUT2D eigenvalue weighted by atomic mass is 14.7. The number of allylic oxidation sites excluding steroid dienone is 2. The van der Waals surface area contributed by atoms with Crippen molar-refractivity contribution in [2.75, 3.05) is 0 Å². The second-order valence-corrected chi connectivity index (χ2v) is 7.79. The second-order valence-electron chi connectivity index (χ2n) is 7.79. The molecule has 44 heavy (non-hydrogen) atoms. The summed E-state index contributed by atoms with van der Waals surface area (Å²) in [4.78, 5) is 9.21. The monoisotopic (exact) mass is 592 g/mol. The van der Waals surface area contributed by atoms with Crippen LogP contribution in [0.4, 0.5) is 0 Å². The van der Waals surface area contributed by atoms with Gasteiger partial charge >= 0.3 is 0 Å². The number of hydrogen-bond acceptors (Lipinski definition) is 2. The summed E-state index contributed by atoms with van der Waals surface area (Å²) in [5.74, 6) is 0.